The summed E-state index contributed by atoms with van der Waals surface area (Å²) < 4.78 is 0. The van der Waals surface area contributed by atoms with Crippen LogP contribution in [0.25, 0.3) is 0 Å². The van der Waals surface area contributed by atoms with E-state index in [1.54, 1.807) is 0 Å². The summed E-state index contributed by atoms with van der Waals surface area (Å²) in [6, 6.07) is 2.81. The Hall–Kier alpha value is -1.29. The van der Waals surface area contributed by atoms with Gasteiger partial charge in [0.15, 0.2) is 0 Å². The van der Waals surface area contributed by atoms with Gasteiger partial charge in [-0.3, -0.25) is 0 Å². The molecule has 2 N–H and O–H groups in total. The summed E-state index contributed by atoms with van der Waals surface area (Å²) >= 11 is 5.73. The number of hydrogen-bond acceptors (Lipinski definition) is 3. The Bertz CT molecular complexity index is 382. The Morgan fingerprint density at radius 1 is 1.62 bits per heavy atom. The summed E-state index contributed by atoms with van der Waals surface area (Å²) in [6.07, 6.45) is 1.05. The molecule has 0 aromatic carbocycles. The molecule has 1 aromatic heterocycles. The zero-order chi connectivity index (χ0) is 12.1. The van der Waals surface area contributed by atoms with Gasteiger partial charge in [0.25, 0.3) is 0 Å². The SMILES string of the molecule is CCC(C)CNc1cc(C(=O)O)cc(Cl)n1. The molecule has 1 aromatic rings. The van der Waals surface area contributed by atoms with Gasteiger partial charge in [-0.1, -0.05) is 31.9 Å². The topological polar surface area (TPSA) is 62.2 Å². The lowest BCUT2D eigenvalue weighted by Gasteiger charge is -2.11. The van der Waals surface area contributed by atoms with Crippen molar-refractivity contribution in [3.8, 4) is 0 Å². The molecule has 1 heterocycles. The second-order valence-electron chi connectivity index (χ2n) is 3.76. The molecule has 16 heavy (non-hydrogen) atoms. The van der Waals surface area contributed by atoms with Gasteiger partial charge in [0, 0.05) is 6.54 Å². The Balaban J connectivity index is 2.76. The van der Waals surface area contributed by atoms with Crippen molar-refractivity contribution in [1.82, 2.24) is 4.98 Å². The van der Waals surface area contributed by atoms with Gasteiger partial charge in [-0.15, -0.1) is 0 Å². The van der Waals surface area contributed by atoms with Gasteiger partial charge in [0.2, 0.25) is 0 Å². The smallest absolute Gasteiger partial charge is 0.335 e. The summed E-state index contributed by atoms with van der Waals surface area (Å²) in [6.45, 7) is 4.96. The fourth-order valence-electron chi connectivity index (χ4n) is 1.13. The second kappa shape index (κ2) is 5.70. The largest absolute Gasteiger partial charge is 0.478 e. The minimum atomic E-state index is -1.00. The van der Waals surface area contributed by atoms with E-state index < -0.39 is 5.97 Å². The highest BCUT2D eigenvalue weighted by atomic mass is 35.5. The van der Waals surface area contributed by atoms with Gasteiger partial charge < -0.3 is 10.4 Å². The Morgan fingerprint density at radius 2 is 2.31 bits per heavy atom. The second-order valence-corrected chi connectivity index (χ2v) is 4.15. The van der Waals surface area contributed by atoms with Crippen LogP contribution < -0.4 is 5.32 Å². The van der Waals surface area contributed by atoms with Crippen molar-refractivity contribution in [3.63, 3.8) is 0 Å². The average Bonchev–Trinajstić information content (AvgIpc) is 2.25. The van der Waals surface area contributed by atoms with Crippen molar-refractivity contribution in [3.05, 3.63) is 22.8 Å². The average molecular weight is 243 g/mol. The maximum atomic E-state index is 10.8. The lowest BCUT2D eigenvalue weighted by Crippen LogP contribution is -2.12. The molecular weight excluding hydrogens is 228 g/mol. The van der Waals surface area contributed by atoms with E-state index in [0.717, 1.165) is 13.0 Å². The molecule has 5 heteroatoms. The van der Waals surface area contributed by atoms with Crippen LogP contribution in [0, 0.1) is 5.92 Å². The molecule has 0 bridgehead atoms. The van der Waals surface area contributed by atoms with Crippen LogP contribution >= 0.6 is 11.6 Å². The highest BCUT2D eigenvalue weighted by molar-refractivity contribution is 6.29. The van der Waals surface area contributed by atoms with Crippen molar-refractivity contribution in [2.75, 3.05) is 11.9 Å². The first-order chi connectivity index (χ1) is 7.52. The number of carboxylic acids is 1. The summed E-state index contributed by atoms with van der Waals surface area (Å²) in [5, 5.41) is 12.1. The first-order valence-corrected chi connectivity index (χ1v) is 5.55. The van der Waals surface area contributed by atoms with Gasteiger partial charge in [-0.25, -0.2) is 9.78 Å². The monoisotopic (exact) mass is 242 g/mol. The maximum Gasteiger partial charge on any atom is 0.335 e. The van der Waals surface area contributed by atoms with Crippen molar-refractivity contribution in [2.24, 2.45) is 5.92 Å². The third kappa shape index (κ3) is 3.70. The molecule has 88 valence electrons. The zero-order valence-corrected chi connectivity index (χ0v) is 10.1. The Morgan fingerprint density at radius 3 is 2.88 bits per heavy atom. The third-order valence-electron chi connectivity index (χ3n) is 2.37. The van der Waals surface area contributed by atoms with E-state index in [-0.39, 0.29) is 10.7 Å². The number of pyridine rings is 1. The number of hydrogen-bond donors (Lipinski definition) is 2. The standard InChI is InChI=1S/C11H15ClN2O2/c1-3-7(2)6-13-10-5-8(11(15)16)4-9(12)14-10/h4-5,7H,3,6H2,1-2H3,(H,13,14)(H,15,16). The molecule has 1 atom stereocenters. The molecule has 0 fully saturated rings. The number of nitrogens with one attached hydrogen (secondary N) is 1. The minimum Gasteiger partial charge on any atom is -0.478 e. The van der Waals surface area contributed by atoms with Crippen LogP contribution in [0.5, 0.6) is 0 Å². The lowest BCUT2D eigenvalue weighted by molar-refractivity contribution is 0.0697. The summed E-state index contributed by atoms with van der Waals surface area (Å²) in [7, 11) is 0. The molecular formula is C11H15ClN2O2. The van der Waals surface area contributed by atoms with Gasteiger partial charge in [-0.05, 0) is 18.1 Å². The number of carboxylic acid groups (broad SMARTS) is 1. The van der Waals surface area contributed by atoms with Gasteiger partial charge in [-0.2, -0.15) is 0 Å². The summed E-state index contributed by atoms with van der Waals surface area (Å²) in [5.41, 5.74) is 0.145. The molecule has 0 aliphatic carbocycles. The fourth-order valence-corrected chi connectivity index (χ4v) is 1.34. The van der Waals surface area contributed by atoms with E-state index in [4.69, 9.17) is 16.7 Å². The third-order valence-corrected chi connectivity index (χ3v) is 2.56. The summed E-state index contributed by atoms with van der Waals surface area (Å²) in [5.74, 6) is 0.00940. The molecule has 0 saturated heterocycles. The number of rotatable bonds is 5. The van der Waals surface area contributed by atoms with Crippen LogP contribution in [-0.2, 0) is 0 Å². The number of nitrogens with zero attached hydrogens (tertiary/aromatic N) is 1. The predicted molar refractivity (Wildman–Crippen MR) is 64.2 cm³/mol. The van der Waals surface area contributed by atoms with E-state index in [0.29, 0.717) is 11.7 Å². The van der Waals surface area contributed by atoms with Crippen molar-refractivity contribution in [1.29, 1.82) is 0 Å². The molecule has 0 radical (unpaired) electrons. The van der Waals surface area contributed by atoms with Gasteiger partial charge >= 0.3 is 5.97 Å². The number of halogens is 1. The quantitative estimate of drug-likeness (QED) is 0.780. The van der Waals surface area contributed by atoms with Crippen LogP contribution in [-0.4, -0.2) is 22.6 Å². The predicted octanol–water partition coefficient (Wildman–Crippen LogP) is 2.89. The van der Waals surface area contributed by atoms with Crippen LogP contribution in [0.1, 0.15) is 30.6 Å². The number of anilines is 1. The summed E-state index contributed by atoms with van der Waals surface area (Å²) in [4.78, 5) is 14.8. The van der Waals surface area contributed by atoms with Crippen molar-refractivity contribution >= 4 is 23.4 Å². The molecule has 0 aliphatic heterocycles. The normalized spacial score (nSPS) is 12.2. The number of aromatic nitrogens is 1. The van der Waals surface area contributed by atoms with Crippen LogP contribution in [0.2, 0.25) is 5.15 Å². The highest BCUT2D eigenvalue weighted by Crippen LogP contribution is 2.15. The van der Waals surface area contributed by atoms with Crippen molar-refractivity contribution < 1.29 is 9.90 Å². The maximum absolute atomic E-state index is 10.8. The highest BCUT2D eigenvalue weighted by Gasteiger charge is 2.07. The Kier molecular flexibility index (Phi) is 4.55. The molecule has 1 unspecified atom stereocenters. The lowest BCUT2D eigenvalue weighted by atomic mass is 10.1. The van der Waals surface area contributed by atoms with E-state index >= 15 is 0 Å². The van der Waals surface area contributed by atoms with E-state index in [9.17, 15) is 4.79 Å². The molecule has 0 aliphatic rings. The first-order valence-electron chi connectivity index (χ1n) is 5.17. The van der Waals surface area contributed by atoms with Crippen molar-refractivity contribution in [2.45, 2.75) is 20.3 Å². The molecule has 1 rings (SSSR count). The number of aromatic carboxylic acids is 1. The van der Waals surface area contributed by atoms with Gasteiger partial charge in [0.05, 0.1) is 5.56 Å². The van der Waals surface area contributed by atoms with Gasteiger partial charge in [0.1, 0.15) is 11.0 Å². The molecule has 0 amide bonds. The van der Waals surface area contributed by atoms with E-state index in [1.807, 2.05) is 0 Å². The molecule has 4 nitrogen and oxygen atoms in total. The zero-order valence-electron chi connectivity index (χ0n) is 9.33. The van der Waals surface area contributed by atoms with E-state index in [1.165, 1.54) is 12.1 Å². The minimum absolute atomic E-state index is 0.145. The van der Waals surface area contributed by atoms with Crippen LogP contribution in [0.4, 0.5) is 5.82 Å². The molecule has 0 saturated carbocycles. The fraction of sp³-hybridized carbons (Fsp3) is 0.455. The Labute approximate surface area is 99.6 Å². The number of carbonyl (C=O) groups is 1. The molecule has 0 spiro atoms. The van der Waals surface area contributed by atoms with E-state index in [2.05, 4.69) is 24.1 Å². The van der Waals surface area contributed by atoms with Crippen LogP contribution in [0.3, 0.4) is 0 Å². The van der Waals surface area contributed by atoms with Crippen LogP contribution in [0.15, 0.2) is 12.1 Å². The first kappa shape index (κ1) is 12.8.